The first-order valence-electron chi connectivity index (χ1n) is 10.4. The van der Waals surface area contributed by atoms with Gasteiger partial charge < -0.3 is 10.6 Å². The average Bonchev–Trinajstić information content (AvgIpc) is 2.80. The van der Waals surface area contributed by atoms with Crippen LogP contribution in [0.1, 0.15) is 22.5 Å². The summed E-state index contributed by atoms with van der Waals surface area (Å²) in [4.78, 5) is 20.2. The van der Waals surface area contributed by atoms with Gasteiger partial charge in [-0.1, -0.05) is 54.1 Å². The van der Waals surface area contributed by atoms with Crippen molar-refractivity contribution in [1.82, 2.24) is 9.55 Å². The van der Waals surface area contributed by atoms with Crippen molar-refractivity contribution in [1.29, 1.82) is 0 Å². The van der Waals surface area contributed by atoms with Gasteiger partial charge in [-0.3, -0.25) is 9.36 Å². The number of hydrogen-bond donors (Lipinski definition) is 1. The molecule has 0 saturated carbocycles. The molecular formula is C26H25ClN4O. The van der Waals surface area contributed by atoms with Gasteiger partial charge in [-0.15, -0.1) is 0 Å². The maximum Gasteiger partial charge on any atom is 0.261 e. The van der Waals surface area contributed by atoms with Gasteiger partial charge in [-0.2, -0.15) is 0 Å². The Morgan fingerprint density at radius 2 is 1.75 bits per heavy atom. The molecule has 0 radical (unpaired) electrons. The summed E-state index contributed by atoms with van der Waals surface area (Å²) >= 11 is 6.16. The molecule has 0 aliphatic heterocycles. The molecule has 3 aromatic carbocycles. The van der Waals surface area contributed by atoms with Crippen LogP contribution in [-0.2, 0) is 13.1 Å². The second-order valence-electron chi connectivity index (χ2n) is 7.87. The van der Waals surface area contributed by atoms with Crippen molar-refractivity contribution in [2.75, 3.05) is 19.0 Å². The van der Waals surface area contributed by atoms with Crippen molar-refractivity contribution in [3.05, 3.63) is 105 Å². The number of anilines is 1. The molecule has 0 unspecified atom stereocenters. The Labute approximate surface area is 192 Å². The molecule has 5 nitrogen and oxygen atoms in total. The van der Waals surface area contributed by atoms with E-state index in [-0.39, 0.29) is 5.56 Å². The van der Waals surface area contributed by atoms with E-state index in [9.17, 15) is 4.79 Å². The van der Waals surface area contributed by atoms with E-state index >= 15 is 0 Å². The molecule has 0 amide bonds. The lowest BCUT2D eigenvalue weighted by molar-refractivity contribution is 0.737. The maximum atomic E-state index is 13.4. The van der Waals surface area contributed by atoms with Crippen molar-refractivity contribution in [3.8, 4) is 0 Å². The second-order valence-corrected chi connectivity index (χ2v) is 8.30. The predicted molar refractivity (Wildman–Crippen MR) is 134 cm³/mol. The molecule has 32 heavy (non-hydrogen) atoms. The zero-order valence-corrected chi connectivity index (χ0v) is 18.9. The summed E-state index contributed by atoms with van der Waals surface area (Å²) in [6.45, 7) is 0.852. The van der Waals surface area contributed by atoms with Crippen LogP contribution >= 0.6 is 11.6 Å². The molecule has 0 spiro atoms. The van der Waals surface area contributed by atoms with E-state index in [1.54, 1.807) is 22.8 Å². The van der Waals surface area contributed by atoms with E-state index < -0.39 is 0 Å². The van der Waals surface area contributed by atoms with E-state index in [0.29, 0.717) is 34.8 Å². The molecule has 1 aromatic heterocycles. The van der Waals surface area contributed by atoms with Crippen molar-refractivity contribution in [2.45, 2.75) is 13.1 Å². The first-order valence-corrected chi connectivity index (χ1v) is 10.8. The van der Waals surface area contributed by atoms with Gasteiger partial charge in [0.05, 0.1) is 17.4 Å². The summed E-state index contributed by atoms with van der Waals surface area (Å²) in [6.07, 6.45) is 3.84. The van der Waals surface area contributed by atoms with E-state index in [4.69, 9.17) is 22.3 Å². The molecule has 162 valence electrons. The van der Waals surface area contributed by atoms with Gasteiger partial charge in [0.25, 0.3) is 5.56 Å². The highest BCUT2D eigenvalue weighted by molar-refractivity contribution is 6.31. The zero-order valence-electron chi connectivity index (χ0n) is 18.1. The van der Waals surface area contributed by atoms with Crippen LogP contribution in [0.25, 0.3) is 23.1 Å². The number of nitrogens with zero attached hydrogens (tertiary/aromatic N) is 3. The van der Waals surface area contributed by atoms with Crippen LogP contribution < -0.4 is 16.2 Å². The van der Waals surface area contributed by atoms with Gasteiger partial charge >= 0.3 is 0 Å². The van der Waals surface area contributed by atoms with Gasteiger partial charge in [0.15, 0.2) is 0 Å². The molecular weight excluding hydrogens is 420 g/mol. The van der Waals surface area contributed by atoms with Gasteiger partial charge in [0.2, 0.25) is 0 Å². The summed E-state index contributed by atoms with van der Waals surface area (Å²) in [5.74, 6) is 0.569. The molecule has 0 fully saturated rings. The molecule has 1 heterocycles. The standard InChI is InChI=1S/C26H25ClN4O/c1-30(2)22-10-6-18(7-11-22)8-13-25-29-24-15-21(27)9-12-23(24)26(32)31(25)17-20-5-3-4-19(14-20)16-28/h3-15H,16-17,28H2,1-2H3. The van der Waals surface area contributed by atoms with Crippen LogP contribution in [0.2, 0.25) is 5.02 Å². The molecule has 6 heteroatoms. The fourth-order valence-electron chi connectivity index (χ4n) is 3.58. The smallest absolute Gasteiger partial charge is 0.261 e. The average molecular weight is 445 g/mol. The SMILES string of the molecule is CN(C)c1ccc(C=Cc2nc3cc(Cl)ccc3c(=O)n2Cc2cccc(CN)c2)cc1. The minimum absolute atomic E-state index is 0.104. The predicted octanol–water partition coefficient (Wildman–Crippen LogP) is 4.79. The van der Waals surface area contributed by atoms with E-state index in [1.165, 1.54) is 0 Å². The Bertz CT molecular complexity index is 1340. The minimum Gasteiger partial charge on any atom is -0.378 e. The first kappa shape index (κ1) is 21.8. The van der Waals surface area contributed by atoms with E-state index in [1.807, 2.05) is 62.6 Å². The van der Waals surface area contributed by atoms with Crippen LogP contribution in [0.3, 0.4) is 0 Å². The Morgan fingerprint density at radius 3 is 2.47 bits per heavy atom. The second kappa shape index (κ2) is 9.39. The van der Waals surface area contributed by atoms with Crippen molar-refractivity contribution < 1.29 is 0 Å². The Morgan fingerprint density at radius 1 is 1.00 bits per heavy atom. The molecule has 0 atom stereocenters. The molecule has 2 N–H and O–H groups in total. The van der Waals surface area contributed by atoms with E-state index in [0.717, 1.165) is 22.4 Å². The summed E-state index contributed by atoms with van der Waals surface area (Å²) in [6, 6.07) is 21.3. The summed E-state index contributed by atoms with van der Waals surface area (Å²) in [5, 5.41) is 1.09. The number of halogens is 1. The third kappa shape index (κ3) is 4.74. The summed E-state index contributed by atoms with van der Waals surface area (Å²) in [7, 11) is 4.01. The third-order valence-corrected chi connectivity index (χ3v) is 5.58. The lowest BCUT2D eigenvalue weighted by Crippen LogP contribution is -2.24. The third-order valence-electron chi connectivity index (χ3n) is 5.35. The highest BCUT2D eigenvalue weighted by Crippen LogP contribution is 2.18. The molecule has 4 rings (SSSR count). The fourth-order valence-corrected chi connectivity index (χ4v) is 3.75. The number of aromatic nitrogens is 2. The summed E-state index contributed by atoms with van der Waals surface area (Å²) < 4.78 is 1.69. The van der Waals surface area contributed by atoms with Crippen LogP contribution in [0, 0.1) is 0 Å². The number of benzene rings is 3. The van der Waals surface area contributed by atoms with Gasteiger partial charge in [-0.05, 0) is 53.1 Å². The lowest BCUT2D eigenvalue weighted by atomic mass is 10.1. The normalized spacial score (nSPS) is 11.4. The Kier molecular flexibility index (Phi) is 6.40. The van der Waals surface area contributed by atoms with Gasteiger partial charge in [-0.25, -0.2) is 4.98 Å². The van der Waals surface area contributed by atoms with Gasteiger partial charge in [0, 0.05) is 31.4 Å². The minimum atomic E-state index is -0.104. The Hall–Kier alpha value is -3.41. The lowest BCUT2D eigenvalue weighted by Gasteiger charge is -2.13. The Balaban J connectivity index is 1.79. The number of rotatable bonds is 6. The summed E-state index contributed by atoms with van der Waals surface area (Å²) in [5.41, 5.74) is 10.4. The molecule has 0 saturated heterocycles. The molecule has 0 bridgehead atoms. The van der Waals surface area contributed by atoms with Crippen molar-refractivity contribution in [3.63, 3.8) is 0 Å². The number of fused-ring (bicyclic) bond motifs is 1. The number of hydrogen-bond acceptors (Lipinski definition) is 4. The molecule has 4 aromatic rings. The topological polar surface area (TPSA) is 64.2 Å². The van der Waals surface area contributed by atoms with Crippen molar-refractivity contribution >= 4 is 40.3 Å². The highest BCUT2D eigenvalue weighted by Gasteiger charge is 2.11. The van der Waals surface area contributed by atoms with E-state index in [2.05, 4.69) is 17.0 Å². The van der Waals surface area contributed by atoms with Crippen LogP contribution in [-0.4, -0.2) is 23.6 Å². The molecule has 0 aliphatic rings. The maximum absolute atomic E-state index is 13.4. The zero-order chi connectivity index (χ0) is 22.7. The largest absolute Gasteiger partial charge is 0.378 e. The molecule has 0 aliphatic carbocycles. The first-order chi connectivity index (χ1) is 15.4. The quantitative estimate of drug-likeness (QED) is 0.464. The van der Waals surface area contributed by atoms with Crippen LogP contribution in [0.15, 0.2) is 71.5 Å². The highest BCUT2D eigenvalue weighted by atomic mass is 35.5. The van der Waals surface area contributed by atoms with Crippen molar-refractivity contribution in [2.24, 2.45) is 5.73 Å². The monoisotopic (exact) mass is 444 g/mol. The van der Waals surface area contributed by atoms with Crippen LogP contribution in [0.5, 0.6) is 0 Å². The fraction of sp³-hybridized carbons (Fsp3) is 0.154. The number of nitrogens with two attached hydrogens (primary N) is 1. The van der Waals surface area contributed by atoms with Crippen LogP contribution in [0.4, 0.5) is 5.69 Å². The van der Waals surface area contributed by atoms with Gasteiger partial charge in [0.1, 0.15) is 5.82 Å².